The van der Waals surface area contributed by atoms with E-state index in [9.17, 15) is 5.11 Å². The Morgan fingerprint density at radius 3 is 2.25 bits per heavy atom. The van der Waals surface area contributed by atoms with Gasteiger partial charge in [0.15, 0.2) is 0 Å². The van der Waals surface area contributed by atoms with Gasteiger partial charge in [0.05, 0.1) is 6.61 Å². The summed E-state index contributed by atoms with van der Waals surface area (Å²) in [7, 11) is 0. The van der Waals surface area contributed by atoms with E-state index < -0.39 is 0 Å². The quantitative estimate of drug-likeness (QED) is 0.696. The topological polar surface area (TPSA) is 56.2 Å². The molecule has 0 spiro atoms. The van der Waals surface area contributed by atoms with Gasteiger partial charge in [-0.25, -0.2) is 0 Å². The van der Waals surface area contributed by atoms with Crippen molar-refractivity contribution in [1.82, 2.24) is 9.80 Å². The smallest absolute Gasteiger partial charge is 0.119 e. The Balaban J connectivity index is 1.56. The minimum Gasteiger partial charge on any atom is -0.491 e. The Labute approximate surface area is 168 Å². The minimum absolute atomic E-state index is 0.0286. The van der Waals surface area contributed by atoms with Gasteiger partial charge in [0, 0.05) is 45.4 Å². The Morgan fingerprint density at radius 1 is 0.893 bits per heavy atom. The van der Waals surface area contributed by atoms with E-state index in [1.165, 1.54) is 16.7 Å². The number of hydrogen-bond acceptors (Lipinski definition) is 5. The predicted octanol–water partition coefficient (Wildman–Crippen LogP) is 2.43. The Hall–Kier alpha value is -1.92. The summed E-state index contributed by atoms with van der Waals surface area (Å²) in [5.41, 5.74) is 3.87. The number of rotatable bonds is 9. The molecule has 1 saturated heterocycles. The van der Waals surface area contributed by atoms with Gasteiger partial charge in [-0.2, -0.15) is 0 Å². The summed E-state index contributed by atoms with van der Waals surface area (Å²) in [6, 6.07) is 17.2. The molecule has 0 aromatic heterocycles. The van der Waals surface area contributed by atoms with Crippen molar-refractivity contribution in [2.75, 3.05) is 39.5 Å². The lowest BCUT2D eigenvalue weighted by Gasteiger charge is -2.41. The number of ether oxygens (including phenoxy) is 1. The van der Waals surface area contributed by atoms with Crippen LogP contribution >= 0.6 is 0 Å². The predicted molar refractivity (Wildman–Crippen MR) is 111 cm³/mol. The fourth-order valence-corrected chi connectivity index (χ4v) is 3.77. The molecule has 152 valence electrons. The molecule has 0 aliphatic carbocycles. The van der Waals surface area contributed by atoms with E-state index in [2.05, 4.69) is 53.1 Å². The van der Waals surface area contributed by atoms with Gasteiger partial charge in [-0.1, -0.05) is 42.0 Å². The molecular formula is C23H32N2O3. The number of benzene rings is 2. The average molecular weight is 385 g/mol. The maximum absolute atomic E-state index is 9.54. The molecule has 2 aromatic rings. The Kier molecular flexibility index (Phi) is 7.86. The summed E-state index contributed by atoms with van der Waals surface area (Å²) in [5.74, 6) is 0.791. The summed E-state index contributed by atoms with van der Waals surface area (Å²) in [5, 5.41) is 18.4. The number of aryl methyl sites for hydroxylation is 1. The van der Waals surface area contributed by atoms with Crippen molar-refractivity contribution in [1.29, 1.82) is 0 Å². The van der Waals surface area contributed by atoms with Gasteiger partial charge in [0.1, 0.15) is 12.4 Å². The van der Waals surface area contributed by atoms with Gasteiger partial charge >= 0.3 is 0 Å². The molecule has 5 nitrogen and oxygen atoms in total. The van der Waals surface area contributed by atoms with Crippen LogP contribution < -0.4 is 4.74 Å². The highest BCUT2D eigenvalue weighted by molar-refractivity contribution is 5.27. The van der Waals surface area contributed by atoms with Crippen LogP contribution in [0.3, 0.4) is 0 Å². The summed E-state index contributed by atoms with van der Waals surface area (Å²) in [6.45, 7) is 7.53. The summed E-state index contributed by atoms with van der Waals surface area (Å²) in [4.78, 5) is 4.97. The zero-order valence-corrected chi connectivity index (χ0v) is 16.8. The number of hydrogen-bond donors (Lipinski definition) is 2. The van der Waals surface area contributed by atoms with Crippen molar-refractivity contribution in [2.24, 2.45) is 0 Å². The fraction of sp³-hybridized carbons (Fsp3) is 0.478. The highest BCUT2D eigenvalue weighted by Gasteiger charge is 2.26. The lowest BCUT2D eigenvalue weighted by molar-refractivity contribution is 0.0500. The molecule has 0 bridgehead atoms. The first-order chi connectivity index (χ1) is 13.7. The third-order valence-corrected chi connectivity index (χ3v) is 5.35. The molecule has 0 saturated carbocycles. The number of aliphatic hydroxyl groups excluding tert-OH is 2. The van der Waals surface area contributed by atoms with Crippen molar-refractivity contribution in [3.05, 3.63) is 65.2 Å². The van der Waals surface area contributed by atoms with E-state index in [1.807, 2.05) is 12.1 Å². The SMILES string of the molecule is Cc1ccc(CN2CCN(Cc3ccc(OCCO)cc3)CC2CCO)cc1. The number of nitrogens with zero attached hydrogens (tertiary/aromatic N) is 2. The molecule has 1 fully saturated rings. The van der Waals surface area contributed by atoms with Crippen molar-refractivity contribution < 1.29 is 14.9 Å². The molecule has 1 heterocycles. The molecule has 2 N–H and O–H groups in total. The maximum Gasteiger partial charge on any atom is 0.119 e. The fourth-order valence-electron chi connectivity index (χ4n) is 3.77. The van der Waals surface area contributed by atoms with Crippen LogP contribution in [-0.2, 0) is 13.1 Å². The summed E-state index contributed by atoms with van der Waals surface area (Å²) >= 11 is 0. The zero-order valence-electron chi connectivity index (χ0n) is 16.8. The van der Waals surface area contributed by atoms with E-state index in [-0.39, 0.29) is 13.2 Å². The molecule has 1 aliphatic heterocycles. The standard InChI is InChI=1S/C23H32N2O3/c1-19-2-4-21(5-3-19)17-25-12-11-24(18-22(25)10-13-26)16-20-6-8-23(9-7-20)28-15-14-27/h2-9,22,26-27H,10-18H2,1H3. The van der Waals surface area contributed by atoms with Gasteiger partial charge in [0.25, 0.3) is 0 Å². The first kappa shape index (κ1) is 20.8. The van der Waals surface area contributed by atoms with Crippen LogP contribution in [0.5, 0.6) is 5.75 Å². The lowest BCUT2D eigenvalue weighted by atomic mass is 10.1. The molecule has 1 aliphatic rings. The van der Waals surface area contributed by atoms with Gasteiger partial charge in [-0.3, -0.25) is 9.80 Å². The highest BCUT2D eigenvalue weighted by atomic mass is 16.5. The van der Waals surface area contributed by atoms with Crippen LogP contribution in [0, 0.1) is 6.92 Å². The summed E-state index contributed by atoms with van der Waals surface area (Å²) in [6.07, 6.45) is 0.802. The van der Waals surface area contributed by atoms with Crippen molar-refractivity contribution >= 4 is 0 Å². The molecule has 3 rings (SSSR count). The number of piperazine rings is 1. The van der Waals surface area contributed by atoms with Gasteiger partial charge in [0.2, 0.25) is 0 Å². The first-order valence-electron chi connectivity index (χ1n) is 10.1. The van der Waals surface area contributed by atoms with Crippen molar-refractivity contribution in [3.8, 4) is 5.75 Å². The van der Waals surface area contributed by atoms with Crippen LogP contribution in [0.25, 0.3) is 0 Å². The zero-order chi connectivity index (χ0) is 19.8. The third kappa shape index (κ3) is 6.04. The molecule has 5 heteroatoms. The van der Waals surface area contributed by atoms with Crippen LogP contribution in [0.1, 0.15) is 23.1 Å². The highest BCUT2D eigenvalue weighted by Crippen LogP contribution is 2.20. The number of aliphatic hydroxyl groups is 2. The normalized spacial score (nSPS) is 18.3. The second-order valence-corrected chi connectivity index (χ2v) is 7.57. The molecule has 28 heavy (non-hydrogen) atoms. The van der Waals surface area contributed by atoms with E-state index in [1.54, 1.807) is 0 Å². The van der Waals surface area contributed by atoms with Crippen molar-refractivity contribution in [2.45, 2.75) is 32.5 Å². The summed E-state index contributed by atoms with van der Waals surface area (Å²) < 4.78 is 5.43. The molecule has 1 atom stereocenters. The van der Waals surface area contributed by atoms with Gasteiger partial charge in [-0.15, -0.1) is 0 Å². The largest absolute Gasteiger partial charge is 0.491 e. The Bertz CT molecular complexity index is 703. The second-order valence-electron chi connectivity index (χ2n) is 7.57. The Morgan fingerprint density at radius 2 is 1.57 bits per heavy atom. The van der Waals surface area contributed by atoms with Crippen molar-refractivity contribution in [3.63, 3.8) is 0 Å². The van der Waals surface area contributed by atoms with E-state index in [0.717, 1.165) is 44.9 Å². The molecule has 0 amide bonds. The second kappa shape index (κ2) is 10.6. The molecule has 0 radical (unpaired) electrons. The van der Waals surface area contributed by atoms with Crippen LogP contribution in [0.15, 0.2) is 48.5 Å². The minimum atomic E-state index is 0.0286. The molecular weight excluding hydrogens is 352 g/mol. The maximum atomic E-state index is 9.54. The lowest BCUT2D eigenvalue weighted by Crippen LogP contribution is -2.52. The monoisotopic (exact) mass is 384 g/mol. The molecule has 2 aromatic carbocycles. The average Bonchev–Trinajstić information content (AvgIpc) is 2.71. The van der Waals surface area contributed by atoms with E-state index in [4.69, 9.17) is 9.84 Å². The van der Waals surface area contributed by atoms with Crippen LogP contribution in [-0.4, -0.2) is 65.5 Å². The van der Waals surface area contributed by atoms with Crippen LogP contribution in [0.2, 0.25) is 0 Å². The van der Waals surface area contributed by atoms with Gasteiger partial charge in [-0.05, 0) is 36.6 Å². The van der Waals surface area contributed by atoms with Crippen LogP contribution in [0.4, 0.5) is 0 Å². The first-order valence-corrected chi connectivity index (χ1v) is 10.1. The van der Waals surface area contributed by atoms with E-state index >= 15 is 0 Å². The van der Waals surface area contributed by atoms with Gasteiger partial charge < -0.3 is 14.9 Å². The van der Waals surface area contributed by atoms with E-state index in [0.29, 0.717) is 12.6 Å². The molecule has 1 unspecified atom stereocenters. The third-order valence-electron chi connectivity index (χ3n) is 5.35.